The molecule has 0 atom stereocenters. The normalized spacial score (nSPS) is 15.6. The van der Waals surface area contributed by atoms with Gasteiger partial charge in [-0.1, -0.05) is 59.6 Å². The summed E-state index contributed by atoms with van der Waals surface area (Å²) in [7, 11) is 1.57. The molecule has 1 aliphatic heterocycles. The van der Waals surface area contributed by atoms with Gasteiger partial charge in [0.1, 0.15) is 6.61 Å². The van der Waals surface area contributed by atoms with Crippen LogP contribution in [0.3, 0.4) is 0 Å². The molecule has 0 aliphatic carbocycles. The third-order valence-electron chi connectivity index (χ3n) is 5.55. The zero-order valence-corrected chi connectivity index (χ0v) is 22.6. The van der Waals surface area contributed by atoms with Crippen LogP contribution >= 0.6 is 23.4 Å². The van der Waals surface area contributed by atoms with Crippen molar-refractivity contribution in [2.24, 2.45) is 4.99 Å². The summed E-state index contributed by atoms with van der Waals surface area (Å²) in [6.45, 7) is 5.75. The van der Waals surface area contributed by atoms with Crippen LogP contribution in [-0.4, -0.2) is 42.8 Å². The first-order chi connectivity index (χ1) is 18.0. The van der Waals surface area contributed by atoms with E-state index < -0.39 is 0 Å². The molecule has 1 heterocycles. The highest BCUT2D eigenvalue weighted by molar-refractivity contribution is 8.18. The molecule has 0 spiro atoms. The Labute approximate surface area is 226 Å². The first kappa shape index (κ1) is 26.8. The number of thioether (sulfide) groups is 1. The SMILES string of the molecule is CCOCCN1C(=O)/C(=C/c2cc(Cl)c(OCc3cccc(C)c3)c(OC)c2)SC1=Nc1ccccc1. The van der Waals surface area contributed by atoms with Crippen LogP contribution in [0.2, 0.25) is 5.02 Å². The van der Waals surface area contributed by atoms with Crippen LogP contribution in [0.1, 0.15) is 23.6 Å². The molecule has 0 unspecified atom stereocenters. The van der Waals surface area contributed by atoms with Crippen molar-refractivity contribution in [2.45, 2.75) is 20.5 Å². The molecule has 0 N–H and O–H groups in total. The molecule has 3 aromatic carbocycles. The number of amides is 1. The monoisotopic (exact) mass is 536 g/mol. The minimum atomic E-state index is -0.130. The van der Waals surface area contributed by atoms with Crippen LogP contribution in [0.15, 0.2) is 76.6 Å². The van der Waals surface area contributed by atoms with Crippen LogP contribution in [0.25, 0.3) is 6.08 Å². The van der Waals surface area contributed by atoms with Gasteiger partial charge in [0.25, 0.3) is 5.91 Å². The Morgan fingerprint density at radius 1 is 1.08 bits per heavy atom. The van der Waals surface area contributed by atoms with Crippen LogP contribution in [-0.2, 0) is 16.1 Å². The van der Waals surface area contributed by atoms with Crippen LogP contribution in [0.5, 0.6) is 11.5 Å². The molecule has 4 rings (SSSR count). The van der Waals surface area contributed by atoms with Gasteiger partial charge in [-0.05, 0) is 67.1 Å². The largest absolute Gasteiger partial charge is 0.493 e. The molecule has 3 aromatic rings. The van der Waals surface area contributed by atoms with Crippen molar-refractivity contribution in [3.63, 3.8) is 0 Å². The molecule has 0 bridgehead atoms. The van der Waals surface area contributed by atoms with Gasteiger partial charge in [0, 0.05) is 6.61 Å². The van der Waals surface area contributed by atoms with Gasteiger partial charge in [0.05, 0.1) is 35.9 Å². The summed E-state index contributed by atoms with van der Waals surface area (Å²) in [6, 6.07) is 21.2. The zero-order chi connectivity index (χ0) is 26.2. The fourth-order valence-electron chi connectivity index (χ4n) is 3.77. The fourth-order valence-corrected chi connectivity index (χ4v) is 5.07. The molecule has 0 saturated carbocycles. The number of aryl methyl sites for hydroxylation is 1. The van der Waals surface area contributed by atoms with Crippen molar-refractivity contribution >= 4 is 46.2 Å². The van der Waals surface area contributed by atoms with Crippen LogP contribution < -0.4 is 9.47 Å². The minimum Gasteiger partial charge on any atom is -0.493 e. The number of rotatable bonds is 10. The van der Waals surface area contributed by atoms with Crippen LogP contribution in [0.4, 0.5) is 5.69 Å². The Morgan fingerprint density at radius 3 is 2.62 bits per heavy atom. The molecule has 6 nitrogen and oxygen atoms in total. The summed E-state index contributed by atoms with van der Waals surface area (Å²) in [5, 5.41) is 1.01. The topological polar surface area (TPSA) is 60.4 Å². The van der Waals surface area contributed by atoms with Gasteiger partial charge in [-0.3, -0.25) is 9.69 Å². The first-order valence-corrected chi connectivity index (χ1v) is 13.2. The van der Waals surface area contributed by atoms with E-state index in [-0.39, 0.29) is 5.91 Å². The van der Waals surface area contributed by atoms with Gasteiger partial charge in [-0.25, -0.2) is 4.99 Å². The second-order valence-electron chi connectivity index (χ2n) is 8.31. The predicted molar refractivity (Wildman–Crippen MR) is 151 cm³/mol. The van der Waals surface area contributed by atoms with Crippen molar-refractivity contribution in [1.29, 1.82) is 0 Å². The number of carbonyl (C=O) groups is 1. The highest BCUT2D eigenvalue weighted by Gasteiger charge is 2.33. The number of hydrogen-bond donors (Lipinski definition) is 0. The van der Waals surface area contributed by atoms with Gasteiger partial charge < -0.3 is 14.2 Å². The van der Waals surface area contributed by atoms with E-state index in [0.29, 0.717) is 53.0 Å². The van der Waals surface area contributed by atoms with E-state index >= 15 is 0 Å². The summed E-state index contributed by atoms with van der Waals surface area (Å²) < 4.78 is 17.1. The van der Waals surface area contributed by atoms with Gasteiger partial charge >= 0.3 is 0 Å². The molecule has 1 amide bonds. The molecule has 37 heavy (non-hydrogen) atoms. The third kappa shape index (κ3) is 6.95. The smallest absolute Gasteiger partial charge is 0.266 e. The van der Waals surface area contributed by atoms with E-state index in [2.05, 4.69) is 6.07 Å². The van der Waals surface area contributed by atoms with E-state index in [4.69, 9.17) is 30.8 Å². The summed E-state index contributed by atoms with van der Waals surface area (Å²) in [5.74, 6) is 0.825. The van der Waals surface area contributed by atoms with Gasteiger partial charge in [-0.2, -0.15) is 0 Å². The van der Waals surface area contributed by atoms with Crippen molar-refractivity contribution < 1.29 is 19.0 Å². The average Bonchev–Trinajstić information content (AvgIpc) is 3.17. The lowest BCUT2D eigenvalue weighted by Gasteiger charge is -2.15. The third-order valence-corrected chi connectivity index (χ3v) is 6.83. The van der Waals surface area contributed by atoms with Crippen molar-refractivity contribution in [2.75, 3.05) is 26.9 Å². The van der Waals surface area contributed by atoms with Gasteiger partial charge in [0.15, 0.2) is 16.7 Å². The van der Waals surface area contributed by atoms with Crippen molar-refractivity contribution in [3.05, 3.63) is 93.3 Å². The maximum atomic E-state index is 13.3. The molecular formula is C29H29ClN2O4S. The average molecular weight is 537 g/mol. The number of methoxy groups -OCH3 is 1. The molecule has 1 fully saturated rings. The standard InChI is InChI=1S/C29H29ClN2O4S/c1-4-35-14-13-32-28(33)26(37-29(32)31-23-11-6-5-7-12-23)18-22-16-24(30)27(25(17-22)34-3)36-19-21-10-8-9-20(2)15-21/h5-12,15-18H,4,13-14,19H2,1-3H3/b26-18-,31-29?. The van der Waals surface area contributed by atoms with Crippen LogP contribution in [0, 0.1) is 6.92 Å². The number of nitrogens with zero attached hydrogens (tertiary/aromatic N) is 2. The van der Waals surface area contributed by atoms with Crippen molar-refractivity contribution in [1.82, 2.24) is 4.90 Å². The van der Waals surface area contributed by atoms with E-state index in [1.54, 1.807) is 24.2 Å². The van der Waals surface area contributed by atoms with E-state index in [0.717, 1.165) is 22.4 Å². The summed E-state index contributed by atoms with van der Waals surface area (Å²) in [5.41, 5.74) is 3.70. The minimum absolute atomic E-state index is 0.130. The molecule has 0 aromatic heterocycles. The number of halogens is 1. The lowest BCUT2D eigenvalue weighted by molar-refractivity contribution is -0.122. The molecule has 8 heteroatoms. The maximum absolute atomic E-state index is 13.3. The number of aliphatic imine (C=N–C) groups is 1. The first-order valence-electron chi connectivity index (χ1n) is 12.0. The Balaban J connectivity index is 1.59. The maximum Gasteiger partial charge on any atom is 0.266 e. The molecule has 1 aliphatic rings. The zero-order valence-electron chi connectivity index (χ0n) is 21.1. The Bertz CT molecular complexity index is 1310. The molecule has 1 saturated heterocycles. The Hall–Kier alpha value is -3.26. The molecule has 0 radical (unpaired) electrons. The van der Waals surface area contributed by atoms with E-state index in [9.17, 15) is 4.79 Å². The summed E-state index contributed by atoms with van der Waals surface area (Å²) >= 11 is 7.93. The van der Waals surface area contributed by atoms with E-state index in [1.807, 2.05) is 68.4 Å². The quantitative estimate of drug-likeness (QED) is 0.209. The number of amidine groups is 1. The van der Waals surface area contributed by atoms with Crippen molar-refractivity contribution in [3.8, 4) is 11.5 Å². The highest BCUT2D eigenvalue weighted by Crippen LogP contribution is 2.39. The summed E-state index contributed by atoms with van der Waals surface area (Å²) in [6.07, 6.45) is 1.80. The highest BCUT2D eigenvalue weighted by atomic mass is 35.5. The Kier molecular flexibility index (Phi) is 9.28. The number of para-hydroxylation sites is 1. The Morgan fingerprint density at radius 2 is 1.89 bits per heavy atom. The van der Waals surface area contributed by atoms with Gasteiger partial charge in [-0.15, -0.1) is 0 Å². The number of hydrogen-bond acceptors (Lipinski definition) is 6. The van der Waals surface area contributed by atoms with Gasteiger partial charge in [0.2, 0.25) is 0 Å². The lowest BCUT2D eigenvalue weighted by Crippen LogP contribution is -2.32. The molecular weight excluding hydrogens is 508 g/mol. The van der Waals surface area contributed by atoms with E-state index in [1.165, 1.54) is 11.8 Å². The molecule has 192 valence electrons. The second kappa shape index (κ2) is 12.8. The lowest BCUT2D eigenvalue weighted by atomic mass is 10.1. The predicted octanol–water partition coefficient (Wildman–Crippen LogP) is 6.88. The second-order valence-corrected chi connectivity index (χ2v) is 9.72. The fraction of sp³-hybridized carbons (Fsp3) is 0.241. The summed E-state index contributed by atoms with van der Waals surface area (Å²) in [4.78, 5) is 20.2. The number of carbonyl (C=O) groups excluding carboxylic acids is 1. The number of ether oxygens (including phenoxy) is 3. The number of benzene rings is 3.